The van der Waals surface area contributed by atoms with Crippen LogP contribution in [0.5, 0.6) is 0 Å². The third kappa shape index (κ3) is 2.15. The Morgan fingerprint density at radius 1 is 1.46 bits per heavy atom. The molecule has 13 heavy (non-hydrogen) atoms. The fourth-order valence-corrected chi connectivity index (χ4v) is 1.28. The second-order valence-electron chi connectivity index (χ2n) is 2.61. The predicted molar refractivity (Wildman–Crippen MR) is 42.8 cm³/mol. The lowest BCUT2D eigenvalue weighted by Crippen LogP contribution is -2.09. The third-order valence-corrected chi connectivity index (χ3v) is 1.88. The topological polar surface area (TPSA) is 28.7 Å². The first-order valence-electron chi connectivity index (χ1n) is 3.63. The number of alkyl halides is 4. The van der Waals surface area contributed by atoms with Crippen molar-refractivity contribution >= 4 is 11.6 Å². The summed E-state index contributed by atoms with van der Waals surface area (Å²) in [5, 5.41) is 5.50. The molecule has 0 aliphatic carbocycles. The molecule has 1 aromatic rings. The molecule has 1 heterocycles. The molecule has 74 valence electrons. The molecule has 2 nitrogen and oxygen atoms in total. The number of halogens is 4. The lowest BCUT2D eigenvalue weighted by atomic mass is 10.1. The summed E-state index contributed by atoms with van der Waals surface area (Å²) in [4.78, 5) is 0. The van der Waals surface area contributed by atoms with Gasteiger partial charge in [0.15, 0.2) is 5.69 Å². The molecule has 0 aromatic carbocycles. The molecule has 1 aromatic heterocycles. The van der Waals surface area contributed by atoms with E-state index in [-0.39, 0.29) is 17.9 Å². The first-order chi connectivity index (χ1) is 5.96. The van der Waals surface area contributed by atoms with E-state index in [4.69, 9.17) is 11.6 Å². The molecule has 1 rings (SSSR count). The van der Waals surface area contributed by atoms with Crippen molar-refractivity contribution in [3.8, 4) is 0 Å². The monoisotopic (exact) mass is 212 g/mol. The van der Waals surface area contributed by atoms with Crippen LogP contribution in [-0.2, 0) is 12.6 Å². The average Bonchev–Trinajstić information content (AvgIpc) is 2.32. The molecule has 0 radical (unpaired) electrons. The molecule has 6 heteroatoms. The Labute approximate surface area is 78.1 Å². The van der Waals surface area contributed by atoms with Gasteiger partial charge in [0.05, 0.1) is 0 Å². The Morgan fingerprint density at radius 2 is 2.08 bits per heavy atom. The second kappa shape index (κ2) is 3.57. The molecule has 0 bridgehead atoms. The van der Waals surface area contributed by atoms with Gasteiger partial charge in [0.2, 0.25) is 0 Å². The van der Waals surface area contributed by atoms with Crippen molar-refractivity contribution in [3.05, 3.63) is 17.0 Å². The second-order valence-corrected chi connectivity index (χ2v) is 2.99. The highest BCUT2D eigenvalue weighted by atomic mass is 35.5. The van der Waals surface area contributed by atoms with Crippen LogP contribution in [-0.4, -0.2) is 16.1 Å². The van der Waals surface area contributed by atoms with Crippen LogP contribution in [0.3, 0.4) is 0 Å². The molecule has 0 aliphatic heterocycles. The standard InChI is InChI=1S/C7H8ClF3N2/c1-4-5(2-3-8)6(13-12-4)7(9,10)11/h2-3H2,1H3,(H,12,13). The number of nitrogens with one attached hydrogen (secondary N) is 1. The van der Waals surface area contributed by atoms with Gasteiger partial charge in [-0.05, 0) is 13.3 Å². The molecule has 0 unspecified atom stereocenters. The van der Waals surface area contributed by atoms with Gasteiger partial charge in [-0.1, -0.05) is 0 Å². The molecule has 0 fully saturated rings. The predicted octanol–water partition coefficient (Wildman–Crippen LogP) is 2.52. The highest BCUT2D eigenvalue weighted by molar-refractivity contribution is 6.18. The Kier molecular flexibility index (Phi) is 2.85. The zero-order chi connectivity index (χ0) is 10.1. The average molecular weight is 213 g/mol. The number of hydrogen-bond donors (Lipinski definition) is 1. The molecule has 1 N–H and O–H groups in total. The number of aryl methyl sites for hydroxylation is 1. The Bertz CT molecular complexity index is 292. The molecule has 0 saturated carbocycles. The fraction of sp³-hybridized carbons (Fsp3) is 0.571. The normalized spacial score (nSPS) is 12.1. The lowest BCUT2D eigenvalue weighted by molar-refractivity contribution is -0.141. The van der Waals surface area contributed by atoms with E-state index in [9.17, 15) is 13.2 Å². The Morgan fingerprint density at radius 3 is 2.54 bits per heavy atom. The van der Waals surface area contributed by atoms with Crippen molar-refractivity contribution in [1.82, 2.24) is 10.2 Å². The van der Waals surface area contributed by atoms with E-state index in [0.29, 0.717) is 5.69 Å². The first kappa shape index (κ1) is 10.4. The van der Waals surface area contributed by atoms with E-state index in [1.165, 1.54) is 0 Å². The van der Waals surface area contributed by atoms with E-state index < -0.39 is 11.9 Å². The molecular formula is C7H8ClF3N2. The number of rotatable bonds is 2. The largest absolute Gasteiger partial charge is 0.435 e. The van der Waals surface area contributed by atoms with E-state index in [2.05, 4.69) is 10.2 Å². The minimum absolute atomic E-state index is 0.155. The number of H-pyrrole nitrogens is 1. The highest BCUT2D eigenvalue weighted by Gasteiger charge is 2.36. The third-order valence-electron chi connectivity index (χ3n) is 1.69. The maximum Gasteiger partial charge on any atom is 0.435 e. The SMILES string of the molecule is Cc1[nH]nc(C(F)(F)F)c1CCCl. The summed E-state index contributed by atoms with van der Waals surface area (Å²) in [5.41, 5.74) is -0.277. The van der Waals surface area contributed by atoms with Gasteiger partial charge < -0.3 is 0 Å². The maximum atomic E-state index is 12.3. The molecule has 0 atom stereocenters. The summed E-state index contributed by atoms with van der Waals surface area (Å²) in [6.45, 7) is 1.55. The summed E-state index contributed by atoms with van der Waals surface area (Å²) in [5.74, 6) is 0.156. The van der Waals surface area contributed by atoms with Gasteiger partial charge in [0.25, 0.3) is 0 Å². The Hall–Kier alpha value is -0.710. The van der Waals surface area contributed by atoms with Crippen molar-refractivity contribution in [3.63, 3.8) is 0 Å². The van der Waals surface area contributed by atoms with Gasteiger partial charge in [-0.15, -0.1) is 11.6 Å². The fourth-order valence-electron chi connectivity index (χ4n) is 1.09. The quantitative estimate of drug-likeness (QED) is 0.750. The zero-order valence-electron chi connectivity index (χ0n) is 6.87. The summed E-state index contributed by atoms with van der Waals surface area (Å²) >= 11 is 5.38. The highest BCUT2D eigenvalue weighted by Crippen LogP contribution is 2.31. The van der Waals surface area contributed by atoms with Crippen molar-refractivity contribution in [2.75, 3.05) is 5.88 Å². The van der Waals surface area contributed by atoms with Crippen LogP contribution in [0.1, 0.15) is 17.0 Å². The van der Waals surface area contributed by atoms with Gasteiger partial charge in [0, 0.05) is 17.1 Å². The smallest absolute Gasteiger partial charge is 0.282 e. The van der Waals surface area contributed by atoms with Crippen LogP contribution in [0.4, 0.5) is 13.2 Å². The van der Waals surface area contributed by atoms with Crippen molar-refractivity contribution < 1.29 is 13.2 Å². The minimum atomic E-state index is -4.40. The van der Waals surface area contributed by atoms with Gasteiger partial charge >= 0.3 is 6.18 Å². The van der Waals surface area contributed by atoms with Crippen molar-refractivity contribution in [1.29, 1.82) is 0 Å². The Balaban J connectivity index is 3.07. The number of aromatic nitrogens is 2. The summed E-state index contributed by atoms with van der Waals surface area (Å²) < 4.78 is 36.8. The van der Waals surface area contributed by atoms with Crippen molar-refractivity contribution in [2.24, 2.45) is 0 Å². The maximum absolute atomic E-state index is 12.3. The van der Waals surface area contributed by atoms with Crippen LogP contribution in [0, 0.1) is 6.92 Å². The van der Waals surface area contributed by atoms with Crippen LogP contribution < -0.4 is 0 Å². The van der Waals surface area contributed by atoms with Gasteiger partial charge in [0.1, 0.15) is 0 Å². The minimum Gasteiger partial charge on any atom is -0.282 e. The molecular weight excluding hydrogens is 205 g/mol. The zero-order valence-corrected chi connectivity index (χ0v) is 7.63. The van der Waals surface area contributed by atoms with Gasteiger partial charge in [-0.2, -0.15) is 18.3 Å². The van der Waals surface area contributed by atoms with Gasteiger partial charge in [-0.3, -0.25) is 5.10 Å². The molecule has 0 spiro atoms. The van der Waals surface area contributed by atoms with E-state index >= 15 is 0 Å². The molecule has 0 amide bonds. The van der Waals surface area contributed by atoms with E-state index in [1.807, 2.05) is 0 Å². The summed E-state index contributed by atoms with van der Waals surface area (Å²) in [6, 6.07) is 0. The van der Waals surface area contributed by atoms with Crippen LogP contribution in [0.15, 0.2) is 0 Å². The first-order valence-corrected chi connectivity index (χ1v) is 4.17. The lowest BCUT2D eigenvalue weighted by Gasteiger charge is -2.04. The van der Waals surface area contributed by atoms with Crippen LogP contribution in [0.2, 0.25) is 0 Å². The number of nitrogens with zero attached hydrogens (tertiary/aromatic N) is 1. The van der Waals surface area contributed by atoms with E-state index in [0.717, 1.165) is 0 Å². The number of aromatic amines is 1. The van der Waals surface area contributed by atoms with Gasteiger partial charge in [-0.25, -0.2) is 0 Å². The molecule has 0 saturated heterocycles. The number of hydrogen-bond acceptors (Lipinski definition) is 1. The summed E-state index contributed by atoms with van der Waals surface area (Å²) in [6.07, 6.45) is -4.22. The molecule has 0 aliphatic rings. The van der Waals surface area contributed by atoms with Crippen molar-refractivity contribution in [2.45, 2.75) is 19.5 Å². The van der Waals surface area contributed by atoms with Crippen LogP contribution in [0.25, 0.3) is 0 Å². The van der Waals surface area contributed by atoms with Crippen LogP contribution >= 0.6 is 11.6 Å². The summed E-state index contributed by atoms with van der Waals surface area (Å²) in [7, 11) is 0. The van der Waals surface area contributed by atoms with E-state index in [1.54, 1.807) is 6.92 Å².